The molecule has 0 aliphatic heterocycles. The van der Waals surface area contributed by atoms with Crippen LogP contribution >= 0.6 is 19.4 Å². The zero-order valence-electron chi connectivity index (χ0n) is 19.3. The molecule has 1 heterocycles. The number of fused-ring (bicyclic) bond motifs is 1. The molecule has 0 saturated carbocycles. The van der Waals surface area contributed by atoms with Crippen LogP contribution in [0.3, 0.4) is 0 Å². The second-order valence-electron chi connectivity index (χ2n) is 8.10. The predicted octanol–water partition coefficient (Wildman–Crippen LogP) is 3.94. The lowest BCUT2D eigenvalue weighted by Gasteiger charge is -2.29. The van der Waals surface area contributed by atoms with E-state index in [1.54, 1.807) is 30.3 Å². The number of likely N-dealkylation sites (N-methyl/N-ethyl adjacent to an activating group) is 1. The summed E-state index contributed by atoms with van der Waals surface area (Å²) < 4.78 is 34.5. The predicted molar refractivity (Wildman–Crippen MR) is 132 cm³/mol. The highest BCUT2D eigenvalue weighted by Crippen LogP contribution is 2.36. The lowest BCUT2D eigenvalue weighted by atomic mass is 10.1. The first-order valence-corrected chi connectivity index (χ1v) is 12.7. The molecule has 13 heteroatoms. The summed E-state index contributed by atoms with van der Waals surface area (Å²) in [7, 11) is -3.13. The van der Waals surface area contributed by atoms with Crippen molar-refractivity contribution in [1.29, 1.82) is 0 Å². The highest BCUT2D eigenvalue weighted by Gasteiger charge is 2.25. The van der Waals surface area contributed by atoms with Crippen molar-refractivity contribution in [3.8, 4) is 0 Å². The Morgan fingerprint density at radius 1 is 1.19 bits per heavy atom. The van der Waals surface area contributed by atoms with Gasteiger partial charge in [0.05, 0.1) is 17.7 Å². The summed E-state index contributed by atoms with van der Waals surface area (Å²) in [6.07, 6.45) is -0.546. The number of carbonyl (C=O) groups excluding carboxylic acids is 1. The summed E-state index contributed by atoms with van der Waals surface area (Å²) in [6.45, 7) is -0.705. The molecule has 4 N–H and O–H groups in total. The van der Waals surface area contributed by atoms with E-state index < -0.39 is 38.5 Å². The number of phosphoric acid groups is 1. The van der Waals surface area contributed by atoms with Crippen molar-refractivity contribution in [3.05, 3.63) is 71.1 Å². The second-order valence-corrected chi connectivity index (χ2v) is 9.72. The number of halogens is 2. The van der Waals surface area contributed by atoms with Crippen molar-refractivity contribution in [2.45, 2.75) is 25.1 Å². The molecule has 1 aromatic heterocycles. The molecule has 0 unspecified atom stereocenters. The summed E-state index contributed by atoms with van der Waals surface area (Å²) in [5.74, 6) is -0.307. The third kappa shape index (κ3) is 8.49. The van der Waals surface area contributed by atoms with Crippen LogP contribution in [-0.4, -0.2) is 63.3 Å². The molecule has 0 bridgehead atoms. The molecule has 3 aromatic rings. The number of nitrogens with one attached hydrogen (secondary N) is 1. The van der Waals surface area contributed by atoms with E-state index in [9.17, 15) is 18.9 Å². The molecule has 0 aliphatic carbocycles. The average Bonchev–Trinajstić information content (AvgIpc) is 2.82. The van der Waals surface area contributed by atoms with Crippen molar-refractivity contribution in [3.63, 3.8) is 0 Å². The van der Waals surface area contributed by atoms with Gasteiger partial charge in [-0.25, -0.2) is 18.7 Å². The lowest BCUT2D eigenvalue weighted by Crippen LogP contribution is -2.40. The Bertz CT molecular complexity index is 1250. The molecule has 0 saturated heterocycles. The maximum atomic E-state index is 13.8. The van der Waals surface area contributed by atoms with E-state index in [2.05, 4.69) is 14.8 Å². The number of aliphatic hydroxyl groups is 1. The number of hydrogen-bond donors (Lipinski definition) is 4. The Morgan fingerprint density at radius 2 is 1.92 bits per heavy atom. The van der Waals surface area contributed by atoms with Gasteiger partial charge in [0.15, 0.2) is 0 Å². The van der Waals surface area contributed by atoms with Crippen LogP contribution in [0.15, 0.2) is 54.7 Å². The zero-order chi connectivity index (χ0) is 26.3. The van der Waals surface area contributed by atoms with Gasteiger partial charge in [-0.05, 0) is 36.6 Å². The van der Waals surface area contributed by atoms with E-state index in [1.807, 2.05) is 24.3 Å². The number of amides is 1. The number of nitrogens with zero attached hydrogens (tertiary/aromatic N) is 2. The monoisotopic (exact) mass is 541 g/mol. The van der Waals surface area contributed by atoms with E-state index in [0.717, 1.165) is 10.8 Å². The van der Waals surface area contributed by atoms with Crippen LogP contribution in [0.4, 0.5) is 15.0 Å². The number of ether oxygens (including phenoxy) is 1. The Morgan fingerprint density at radius 3 is 2.64 bits per heavy atom. The molecule has 194 valence electrons. The van der Waals surface area contributed by atoms with Gasteiger partial charge in [-0.1, -0.05) is 48.0 Å². The van der Waals surface area contributed by atoms with Gasteiger partial charge in [-0.2, -0.15) is 0 Å². The van der Waals surface area contributed by atoms with Gasteiger partial charge in [-0.15, -0.1) is 0 Å². The Kier molecular flexibility index (Phi) is 9.75. The van der Waals surface area contributed by atoms with Crippen LogP contribution in [-0.2, 0) is 20.4 Å². The standard InChI is InChI=1S/C23H26ClFN3O7P/c1-28(12-17-7-4-8-20(25)22(17)24)18(10-19(29)14-35-36(31,32)33)13-34-23(30)27-21-9-15-5-2-3-6-16(15)11-26-21/h2-9,11,18-19,29H,10,12-14H2,1H3,(H,26,27,30)(H2,31,32,33)/t18-,19-/m1/s1. The molecule has 0 radical (unpaired) electrons. The third-order valence-electron chi connectivity index (χ3n) is 5.32. The molecule has 0 fully saturated rings. The van der Waals surface area contributed by atoms with Gasteiger partial charge in [-0.3, -0.25) is 14.7 Å². The van der Waals surface area contributed by atoms with Gasteiger partial charge < -0.3 is 19.6 Å². The van der Waals surface area contributed by atoms with Crippen molar-refractivity contribution in [2.75, 3.05) is 25.6 Å². The van der Waals surface area contributed by atoms with Crippen LogP contribution in [0.25, 0.3) is 10.8 Å². The fraction of sp³-hybridized carbons (Fsp3) is 0.304. The minimum atomic E-state index is -4.78. The first-order valence-electron chi connectivity index (χ1n) is 10.8. The normalized spacial score (nSPS) is 13.5. The van der Waals surface area contributed by atoms with E-state index in [0.29, 0.717) is 5.56 Å². The number of aromatic nitrogens is 1. The first kappa shape index (κ1) is 27.9. The van der Waals surface area contributed by atoms with Crippen LogP contribution in [0.1, 0.15) is 12.0 Å². The van der Waals surface area contributed by atoms with Gasteiger partial charge in [0.1, 0.15) is 18.2 Å². The third-order valence-corrected chi connectivity index (χ3v) is 6.23. The topological polar surface area (TPSA) is 141 Å². The highest BCUT2D eigenvalue weighted by molar-refractivity contribution is 7.46. The number of phosphoric ester groups is 1. The molecule has 10 nitrogen and oxygen atoms in total. The molecule has 1 amide bonds. The highest BCUT2D eigenvalue weighted by atomic mass is 35.5. The molecule has 36 heavy (non-hydrogen) atoms. The summed E-state index contributed by atoms with van der Waals surface area (Å²) in [4.78, 5) is 36.0. The van der Waals surface area contributed by atoms with Crippen LogP contribution in [0, 0.1) is 5.82 Å². The Hall–Kier alpha value is -2.63. The number of aliphatic hydroxyl groups excluding tert-OH is 1. The number of carbonyl (C=O) groups is 1. The number of anilines is 1. The average molecular weight is 542 g/mol. The number of hydrogen-bond acceptors (Lipinski definition) is 7. The summed E-state index contributed by atoms with van der Waals surface area (Å²) in [5.41, 5.74) is 0.468. The quantitative estimate of drug-likeness (QED) is 0.266. The number of benzene rings is 2. The molecular formula is C23H26ClFN3O7P. The maximum absolute atomic E-state index is 13.8. The number of rotatable bonds is 11. The van der Waals surface area contributed by atoms with E-state index in [4.69, 9.17) is 26.1 Å². The smallest absolute Gasteiger partial charge is 0.448 e. The van der Waals surface area contributed by atoms with E-state index >= 15 is 0 Å². The summed E-state index contributed by atoms with van der Waals surface area (Å²) in [6, 6.07) is 12.9. The first-order chi connectivity index (χ1) is 17.0. The van der Waals surface area contributed by atoms with Crippen LogP contribution < -0.4 is 5.32 Å². The van der Waals surface area contributed by atoms with Gasteiger partial charge in [0.25, 0.3) is 0 Å². The van der Waals surface area contributed by atoms with Gasteiger partial charge >= 0.3 is 13.9 Å². The summed E-state index contributed by atoms with van der Waals surface area (Å²) >= 11 is 6.05. The minimum Gasteiger partial charge on any atom is -0.448 e. The molecule has 0 spiro atoms. The molecular weight excluding hydrogens is 516 g/mol. The minimum absolute atomic E-state index is 0.0606. The Labute approximate surface area is 211 Å². The van der Waals surface area contributed by atoms with E-state index in [-0.39, 0.29) is 30.4 Å². The Balaban J connectivity index is 1.66. The SMILES string of the molecule is CN(Cc1cccc(F)c1Cl)[C@@H](COC(=O)Nc1cc2ccccc2cn1)C[C@@H](O)COP(=O)(O)O. The van der Waals surface area contributed by atoms with Crippen molar-refractivity contribution >= 4 is 42.1 Å². The van der Waals surface area contributed by atoms with Gasteiger partial charge in [0.2, 0.25) is 0 Å². The van der Waals surface area contributed by atoms with Crippen molar-refractivity contribution in [1.82, 2.24) is 9.88 Å². The van der Waals surface area contributed by atoms with Crippen LogP contribution in [0.2, 0.25) is 5.02 Å². The van der Waals surface area contributed by atoms with Crippen molar-refractivity contribution < 1.29 is 37.9 Å². The number of pyridine rings is 1. The van der Waals surface area contributed by atoms with Crippen LogP contribution in [0.5, 0.6) is 0 Å². The molecule has 3 rings (SSSR count). The molecule has 0 aliphatic rings. The molecule has 2 aromatic carbocycles. The van der Waals surface area contributed by atoms with E-state index in [1.165, 1.54) is 12.1 Å². The largest absolute Gasteiger partial charge is 0.469 e. The van der Waals surface area contributed by atoms with Gasteiger partial charge in [0, 0.05) is 24.2 Å². The fourth-order valence-corrected chi connectivity index (χ4v) is 4.03. The van der Waals surface area contributed by atoms with Crippen molar-refractivity contribution in [2.24, 2.45) is 0 Å². The second kappa shape index (κ2) is 12.6. The lowest BCUT2D eigenvalue weighted by molar-refractivity contribution is 0.0363. The summed E-state index contributed by atoms with van der Waals surface area (Å²) in [5, 5.41) is 14.5. The maximum Gasteiger partial charge on any atom is 0.469 e. The zero-order valence-corrected chi connectivity index (χ0v) is 20.9. The molecule has 2 atom stereocenters. The fourth-order valence-electron chi connectivity index (χ4n) is 3.47.